The number of likely N-dealkylation sites (N-methyl/N-ethyl adjacent to an activating group) is 1. The zero-order valence-electron chi connectivity index (χ0n) is 17.5. The molecule has 0 aliphatic carbocycles. The third-order valence-electron chi connectivity index (χ3n) is 5.05. The van der Waals surface area contributed by atoms with Crippen LogP contribution in [0.3, 0.4) is 0 Å². The number of nitrogens with zero attached hydrogens (tertiary/aromatic N) is 2. The molecule has 1 aromatic carbocycles. The smallest absolute Gasteiger partial charge is 0.409 e. The standard InChI is InChI=1S/C20H29F3N2O3Si/c1-14(17(28-29(3,4)5)15-10-7-6-8-11-15)24(2)18(26)16-12-9-13-25(16)19(27)20(21,22)23/h6-8,10-11,14,16-17H,9,12-13H2,1-5H3/t14-,16-,17-/m0/s1. The van der Waals surface area contributed by atoms with E-state index in [-0.39, 0.29) is 13.0 Å². The van der Waals surface area contributed by atoms with Gasteiger partial charge in [0.1, 0.15) is 6.04 Å². The van der Waals surface area contributed by atoms with Crippen molar-refractivity contribution in [2.45, 2.75) is 63.8 Å². The van der Waals surface area contributed by atoms with Crippen molar-refractivity contribution < 1.29 is 27.2 Å². The highest BCUT2D eigenvalue weighted by atomic mass is 28.4. The van der Waals surface area contributed by atoms with Crippen molar-refractivity contribution in [2.24, 2.45) is 0 Å². The highest BCUT2D eigenvalue weighted by molar-refractivity contribution is 6.69. The summed E-state index contributed by atoms with van der Waals surface area (Å²) in [5, 5.41) is 0. The van der Waals surface area contributed by atoms with Gasteiger partial charge >= 0.3 is 12.1 Å². The summed E-state index contributed by atoms with van der Waals surface area (Å²) in [6.45, 7) is 7.87. The monoisotopic (exact) mass is 430 g/mol. The fourth-order valence-electron chi connectivity index (χ4n) is 3.54. The zero-order valence-corrected chi connectivity index (χ0v) is 18.5. The van der Waals surface area contributed by atoms with Crippen LogP contribution in [0.25, 0.3) is 0 Å². The highest BCUT2D eigenvalue weighted by Gasteiger charge is 2.48. The lowest BCUT2D eigenvalue weighted by molar-refractivity contribution is -0.187. The lowest BCUT2D eigenvalue weighted by atomic mass is 10.0. The maximum absolute atomic E-state index is 13.1. The summed E-state index contributed by atoms with van der Waals surface area (Å²) in [7, 11) is -0.425. The second-order valence-electron chi connectivity index (χ2n) is 8.41. The first-order chi connectivity index (χ1) is 13.3. The minimum atomic E-state index is -4.99. The molecule has 0 radical (unpaired) electrons. The quantitative estimate of drug-likeness (QED) is 0.642. The molecule has 2 rings (SSSR count). The molecule has 0 bridgehead atoms. The molecule has 162 valence electrons. The molecule has 0 N–H and O–H groups in total. The van der Waals surface area contributed by atoms with Crippen LogP contribution in [0.4, 0.5) is 13.2 Å². The van der Waals surface area contributed by atoms with Crippen LogP contribution < -0.4 is 0 Å². The minimum Gasteiger partial charge on any atom is -0.409 e. The van der Waals surface area contributed by atoms with Gasteiger partial charge in [-0.15, -0.1) is 0 Å². The van der Waals surface area contributed by atoms with Crippen molar-refractivity contribution in [1.82, 2.24) is 9.80 Å². The van der Waals surface area contributed by atoms with Gasteiger partial charge in [0, 0.05) is 13.6 Å². The van der Waals surface area contributed by atoms with Crippen LogP contribution in [0.5, 0.6) is 0 Å². The van der Waals surface area contributed by atoms with Gasteiger partial charge in [-0.3, -0.25) is 9.59 Å². The summed E-state index contributed by atoms with van der Waals surface area (Å²) >= 11 is 0. The Balaban J connectivity index is 2.24. The molecule has 1 aliphatic rings. The number of hydrogen-bond donors (Lipinski definition) is 0. The van der Waals surface area contributed by atoms with E-state index in [4.69, 9.17) is 4.43 Å². The minimum absolute atomic E-state index is 0.0650. The van der Waals surface area contributed by atoms with E-state index in [0.717, 1.165) is 5.56 Å². The van der Waals surface area contributed by atoms with Crippen LogP contribution >= 0.6 is 0 Å². The molecule has 5 nitrogen and oxygen atoms in total. The Morgan fingerprint density at radius 2 is 1.79 bits per heavy atom. The SMILES string of the molecule is C[C@@H]([C@H](O[Si](C)(C)C)c1ccccc1)N(C)C(=O)[C@@H]1CCCN1C(=O)C(F)(F)F. The molecule has 1 aromatic rings. The van der Waals surface area contributed by atoms with Crippen LogP contribution in [-0.4, -0.2) is 61.8 Å². The van der Waals surface area contributed by atoms with Crippen LogP contribution in [0.15, 0.2) is 30.3 Å². The number of amides is 2. The number of carbonyl (C=O) groups is 2. The fourth-order valence-corrected chi connectivity index (χ4v) is 4.63. The van der Waals surface area contributed by atoms with Gasteiger partial charge in [0.15, 0.2) is 8.32 Å². The molecule has 0 unspecified atom stereocenters. The van der Waals surface area contributed by atoms with Gasteiger partial charge < -0.3 is 14.2 Å². The molecule has 0 saturated carbocycles. The summed E-state index contributed by atoms with van der Waals surface area (Å²) in [4.78, 5) is 26.9. The average Bonchev–Trinajstić information content (AvgIpc) is 3.12. The summed E-state index contributed by atoms with van der Waals surface area (Å²) in [5.41, 5.74) is 0.900. The Morgan fingerprint density at radius 1 is 1.21 bits per heavy atom. The molecule has 1 aliphatic heterocycles. The zero-order chi connectivity index (χ0) is 22.0. The second kappa shape index (κ2) is 8.87. The fraction of sp³-hybridized carbons (Fsp3) is 0.600. The lowest BCUT2D eigenvalue weighted by Gasteiger charge is -2.38. The molecule has 1 fully saturated rings. The first-order valence-electron chi connectivity index (χ1n) is 9.70. The van der Waals surface area contributed by atoms with E-state index in [2.05, 4.69) is 0 Å². The van der Waals surface area contributed by atoms with Gasteiger partial charge in [-0.1, -0.05) is 30.3 Å². The molecular weight excluding hydrogens is 401 g/mol. The molecule has 3 atom stereocenters. The summed E-state index contributed by atoms with van der Waals surface area (Å²) in [6.07, 6.45) is -4.80. The molecule has 1 heterocycles. The maximum atomic E-state index is 13.1. The van der Waals surface area contributed by atoms with Crippen molar-refractivity contribution in [3.8, 4) is 0 Å². The van der Waals surface area contributed by atoms with E-state index in [9.17, 15) is 22.8 Å². The number of halogens is 3. The third-order valence-corrected chi connectivity index (χ3v) is 6.01. The summed E-state index contributed by atoms with van der Waals surface area (Å²) in [5.74, 6) is -2.44. The number of rotatable bonds is 6. The topological polar surface area (TPSA) is 49.9 Å². The number of carbonyl (C=O) groups excluding carboxylic acids is 2. The van der Waals surface area contributed by atoms with Gasteiger partial charge in [0.25, 0.3) is 0 Å². The van der Waals surface area contributed by atoms with E-state index in [1.165, 1.54) is 4.90 Å². The van der Waals surface area contributed by atoms with Gasteiger partial charge in [-0.05, 0) is 45.0 Å². The first-order valence-corrected chi connectivity index (χ1v) is 13.1. The Hall–Kier alpha value is -1.87. The number of alkyl halides is 3. The average molecular weight is 431 g/mol. The molecule has 29 heavy (non-hydrogen) atoms. The number of likely N-dealkylation sites (tertiary alicyclic amines) is 1. The maximum Gasteiger partial charge on any atom is 0.471 e. The van der Waals surface area contributed by atoms with Crippen LogP contribution in [0.2, 0.25) is 19.6 Å². The van der Waals surface area contributed by atoms with Gasteiger partial charge in [-0.25, -0.2) is 0 Å². The Labute approximate surface area is 170 Å². The normalized spacial score (nSPS) is 19.7. The molecule has 0 aromatic heterocycles. The van der Waals surface area contributed by atoms with Crippen LogP contribution in [-0.2, 0) is 14.0 Å². The largest absolute Gasteiger partial charge is 0.471 e. The van der Waals surface area contributed by atoms with Crippen molar-refractivity contribution in [3.63, 3.8) is 0 Å². The van der Waals surface area contributed by atoms with Gasteiger partial charge in [-0.2, -0.15) is 13.2 Å². The van der Waals surface area contributed by atoms with Crippen molar-refractivity contribution in [1.29, 1.82) is 0 Å². The van der Waals surface area contributed by atoms with E-state index in [0.29, 0.717) is 11.3 Å². The predicted molar refractivity (Wildman–Crippen MR) is 107 cm³/mol. The summed E-state index contributed by atoms with van der Waals surface area (Å²) in [6, 6.07) is 7.95. The van der Waals surface area contributed by atoms with Crippen LogP contribution in [0, 0.1) is 0 Å². The molecule has 9 heteroatoms. The van der Waals surface area contributed by atoms with Crippen molar-refractivity contribution >= 4 is 20.1 Å². The Morgan fingerprint density at radius 3 is 2.31 bits per heavy atom. The van der Waals surface area contributed by atoms with Gasteiger partial charge in [0.05, 0.1) is 12.1 Å². The van der Waals surface area contributed by atoms with E-state index < -0.39 is 44.5 Å². The lowest BCUT2D eigenvalue weighted by Crippen LogP contribution is -2.53. The van der Waals surface area contributed by atoms with E-state index >= 15 is 0 Å². The second-order valence-corrected chi connectivity index (χ2v) is 12.9. The number of hydrogen-bond acceptors (Lipinski definition) is 3. The molecule has 2 amide bonds. The molecular formula is C20H29F3N2O3Si. The number of benzene rings is 1. The molecule has 1 saturated heterocycles. The van der Waals surface area contributed by atoms with E-state index in [1.54, 1.807) is 7.05 Å². The van der Waals surface area contributed by atoms with Gasteiger partial charge in [0.2, 0.25) is 5.91 Å². The first kappa shape index (κ1) is 23.4. The van der Waals surface area contributed by atoms with E-state index in [1.807, 2.05) is 56.9 Å². The van der Waals surface area contributed by atoms with Crippen molar-refractivity contribution in [3.05, 3.63) is 35.9 Å². The third kappa shape index (κ3) is 5.82. The molecule has 0 spiro atoms. The Kier molecular flexibility index (Phi) is 7.16. The Bertz CT molecular complexity index is 722. The van der Waals surface area contributed by atoms with Crippen molar-refractivity contribution in [2.75, 3.05) is 13.6 Å². The highest BCUT2D eigenvalue weighted by Crippen LogP contribution is 2.31. The predicted octanol–water partition coefficient (Wildman–Crippen LogP) is 3.98. The van der Waals surface area contributed by atoms with Crippen LogP contribution in [0.1, 0.15) is 31.4 Å². The summed E-state index contributed by atoms with van der Waals surface area (Å²) < 4.78 is 45.0.